The number of nitrogens with one attached hydrogen (secondary N) is 1. The van der Waals surface area contributed by atoms with Crippen LogP contribution in [0.3, 0.4) is 0 Å². The zero-order chi connectivity index (χ0) is 16.8. The van der Waals surface area contributed by atoms with Crippen LogP contribution in [-0.4, -0.2) is 35.4 Å². The molecule has 7 heteroatoms. The number of ether oxygens (including phenoxy) is 2. The maximum atomic E-state index is 11.3. The number of carbonyl (C=O) groups excluding carboxylic acids is 2. The number of amides is 1. The molecular formula is C16H19N3O4. The van der Waals surface area contributed by atoms with Crippen molar-refractivity contribution in [1.29, 1.82) is 0 Å². The molecule has 2 rings (SSSR count). The Morgan fingerprint density at radius 3 is 2.70 bits per heavy atom. The van der Waals surface area contributed by atoms with Gasteiger partial charge in [0.15, 0.2) is 0 Å². The summed E-state index contributed by atoms with van der Waals surface area (Å²) < 4.78 is 11.7. The Morgan fingerprint density at radius 1 is 1.26 bits per heavy atom. The summed E-state index contributed by atoms with van der Waals surface area (Å²) in [6, 6.07) is 9.24. The summed E-state index contributed by atoms with van der Waals surface area (Å²) in [6.45, 7) is 3.30. The van der Waals surface area contributed by atoms with Gasteiger partial charge in [0.2, 0.25) is 5.91 Å². The molecule has 0 atom stereocenters. The highest BCUT2D eigenvalue weighted by molar-refractivity contribution is 5.88. The first-order chi connectivity index (χ1) is 11.0. The van der Waals surface area contributed by atoms with E-state index in [1.165, 1.54) is 13.8 Å². The Balaban J connectivity index is 2.27. The molecule has 1 heterocycles. The van der Waals surface area contributed by atoms with Gasteiger partial charge in [-0.2, -0.15) is 5.10 Å². The van der Waals surface area contributed by atoms with Gasteiger partial charge < -0.3 is 14.8 Å². The number of methoxy groups -OCH3 is 1. The molecule has 0 spiro atoms. The van der Waals surface area contributed by atoms with E-state index in [4.69, 9.17) is 9.47 Å². The molecule has 0 radical (unpaired) electrons. The fourth-order valence-electron chi connectivity index (χ4n) is 2.07. The van der Waals surface area contributed by atoms with E-state index in [1.807, 2.05) is 24.3 Å². The predicted molar refractivity (Wildman–Crippen MR) is 85.2 cm³/mol. The Hall–Kier alpha value is -2.83. The molecule has 122 valence electrons. The van der Waals surface area contributed by atoms with Gasteiger partial charge in [-0.15, -0.1) is 0 Å². The first-order valence-electron chi connectivity index (χ1n) is 7.13. The summed E-state index contributed by atoms with van der Waals surface area (Å²) >= 11 is 0. The minimum absolute atomic E-state index is 0.182. The number of aromatic nitrogens is 2. The highest BCUT2D eigenvalue weighted by atomic mass is 16.5. The molecule has 0 aliphatic heterocycles. The second-order valence-corrected chi connectivity index (χ2v) is 4.89. The van der Waals surface area contributed by atoms with Gasteiger partial charge in [-0.05, 0) is 12.1 Å². The average Bonchev–Trinajstić information content (AvgIpc) is 2.89. The zero-order valence-electron chi connectivity index (χ0n) is 13.3. The second-order valence-electron chi connectivity index (χ2n) is 4.89. The lowest BCUT2D eigenvalue weighted by atomic mass is 10.1. The van der Waals surface area contributed by atoms with Crippen LogP contribution in [0.4, 0.5) is 5.82 Å². The van der Waals surface area contributed by atoms with E-state index in [0.29, 0.717) is 18.1 Å². The summed E-state index contributed by atoms with van der Waals surface area (Å²) in [5.41, 5.74) is 1.55. The summed E-state index contributed by atoms with van der Waals surface area (Å²) in [5, 5.41) is 7.18. The summed E-state index contributed by atoms with van der Waals surface area (Å²) in [7, 11) is 1.60. The molecule has 1 amide bonds. The molecule has 23 heavy (non-hydrogen) atoms. The third-order valence-corrected chi connectivity index (χ3v) is 3.06. The highest BCUT2D eigenvalue weighted by Gasteiger charge is 2.11. The van der Waals surface area contributed by atoms with Gasteiger partial charge in [-0.25, -0.2) is 4.68 Å². The number of anilines is 1. The van der Waals surface area contributed by atoms with Crippen molar-refractivity contribution in [2.45, 2.75) is 20.4 Å². The van der Waals surface area contributed by atoms with E-state index in [-0.39, 0.29) is 18.5 Å². The largest absolute Gasteiger partial charge is 0.497 e. The monoisotopic (exact) mass is 317 g/mol. The van der Waals surface area contributed by atoms with Gasteiger partial charge in [0.25, 0.3) is 0 Å². The number of rotatable bonds is 6. The minimum Gasteiger partial charge on any atom is -0.497 e. The van der Waals surface area contributed by atoms with Crippen LogP contribution in [0.25, 0.3) is 11.3 Å². The van der Waals surface area contributed by atoms with E-state index >= 15 is 0 Å². The van der Waals surface area contributed by atoms with Crippen LogP contribution in [0.5, 0.6) is 5.75 Å². The van der Waals surface area contributed by atoms with E-state index in [0.717, 1.165) is 11.3 Å². The maximum Gasteiger partial charge on any atom is 0.302 e. The molecule has 0 unspecified atom stereocenters. The lowest BCUT2D eigenvalue weighted by Crippen LogP contribution is -2.15. The van der Waals surface area contributed by atoms with Crippen molar-refractivity contribution in [2.24, 2.45) is 0 Å². The second kappa shape index (κ2) is 7.44. The number of hydrogen-bond acceptors (Lipinski definition) is 5. The molecule has 7 nitrogen and oxygen atoms in total. The standard InChI is InChI=1S/C16H19N3O4/c1-11(20)17-16-10-15(13-5-4-6-14(9-13)22-3)18-19(16)7-8-23-12(2)21/h4-6,9-10H,7-8H2,1-3H3,(H,17,20). The molecule has 0 saturated heterocycles. The van der Waals surface area contributed by atoms with Gasteiger partial charge in [0, 0.05) is 25.5 Å². The average molecular weight is 317 g/mol. The number of hydrogen-bond donors (Lipinski definition) is 1. The molecule has 0 aliphatic carbocycles. The molecule has 1 aromatic heterocycles. The molecular weight excluding hydrogens is 298 g/mol. The van der Waals surface area contributed by atoms with E-state index in [1.54, 1.807) is 17.9 Å². The molecule has 1 aromatic carbocycles. The number of nitrogens with zero attached hydrogens (tertiary/aromatic N) is 2. The smallest absolute Gasteiger partial charge is 0.302 e. The van der Waals surface area contributed by atoms with Gasteiger partial charge >= 0.3 is 5.97 Å². The summed E-state index contributed by atoms with van der Waals surface area (Å²) in [4.78, 5) is 22.2. The van der Waals surface area contributed by atoms with E-state index < -0.39 is 0 Å². The SMILES string of the molecule is COc1cccc(-c2cc(NC(C)=O)n(CCOC(C)=O)n2)c1. The van der Waals surface area contributed by atoms with Crippen molar-refractivity contribution in [2.75, 3.05) is 19.0 Å². The molecule has 0 fully saturated rings. The van der Waals surface area contributed by atoms with Crippen LogP contribution >= 0.6 is 0 Å². The van der Waals surface area contributed by atoms with Crippen LogP contribution in [0.15, 0.2) is 30.3 Å². The van der Waals surface area contributed by atoms with Gasteiger partial charge in [-0.3, -0.25) is 9.59 Å². The van der Waals surface area contributed by atoms with Gasteiger partial charge in [0.05, 0.1) is 19.3 Å². The maximum absolute atomic E-state index is 11.3. The normalized spacial score (nSPS) is 10.2. The summed E-state index contributed by atoms with van der Waals surface area (Å²) in [6.07, 6.45) is 0. The summed E-state index contributed by atoms with van der Waals surface area (Å²) in [5.74, 6) is 0.711. The van der Waals surface area contributed by atoms with Crippen LogP contribution in [0.2, 0.25) is 0 Å². The molecule has 0 bridgehead atoms. The van der Waals surface area contributed by atoms with Crippen molar-refractivity contribution in [3.8, 4) is 17.0 Å². The number of esters is 1. The lowest BCUT2D eigenvalue weighted by Gasteiger charge is -2.07. The van der Waals surface area contributed by atoms with Crippen LogP contribution in [-0.2, 0) is 20.9 Å². The molecule has 0 aliphatic rings. The third-order valence-electron chi connectivity index (χ3n) is 3.06. The fraction of sp³-hybridized carbons (Fsp3) is 0.312. The first kappa shape index (κ1) is 16.5. The van der Waals surface area contributed by atoms with E-state index in [2.05, 4.69) is 10.4 Å². The van der Waals surface area contributed by atoms with E-state index in [9.17, 15) is 9.59 Å². The Morgan fingerprint density at radius 2 is 2.04 bits per heavy atom. The van der Waals surface area contributed by atoms with Crippen molar-refractivity contribution in [3.63, 3.8) is 0 Å². The molecule has 0 saturated carbocycles. The quantitative estimate of drug-likeness (QED) is 0.825. The van der Waals surface area contributed by atoms with Crippen molar-refractivity contribution in [1.82, 2.24) is 9.78 Å². The van der Waals surface area contributed by atoms with Gasteiger partial charge in [0.1, 0.15) is 18.2 Å². The van der Waals surface area contributed by atoms with Gasteiger partial charge in [-0.1, -0.05) is 12.1 Å². The number of carbonyl (C=O) groups is 2. The lowest BCUT2D eigenvalue weighted by molar-refractivity contribution is -0.141. The zero-order valence-corrected chi connectivity index (χ0v) is 13.3. The fourth-order valence-corrected chi connectivity index (χ4v) is 2.07. The van der Waals surface area contributed by atoms with Crippen molar-refractivity contribution >= 4 is 17.7 Å². The third kappa shape index (κ3) is 4.57. The van der Waals surface area contributed by atoms with Crippen LogP contribution in [0.1, 0.15) is 13.8 Å². The topological polar surface area (TPSA) is 82.5 Å². The predicted octanol–water partition coefficient (Wildman–Crippen LogP) is 2.08. The van der Waals surface area contributed by atoms with Crippen LogP contribution < -0.4 is 10.1 Å². The Kier molecular flexibility index (Phi) is 5.35. The van der Waals surface area contributed by atoms with Crippen molar-refractivity contribution in [3.05, 3.63) is 30.3 Å². The minimum atomic E-state index is -0.355. The first-order valence-corrected chi connectivity index (χ1v) is 7.13. The van der Waals surface area contributed by atoms with Crippen LogP contribution in [0, 0.1) is 0 Å². The molecule has 2 aromatic rings. The molecule has 1 N–H and O–H groups in total. The number of benzene rings is 1. The highest BCUT2D eigenvalue weighted by Crippen LogP contribution is 2.25. The Bertz CT molecular complexity index is 709. The van der Waals surface area contributed by atoms with Crippen molar-refractivity contribution < 1.29 is 19.1 Å². The Labute approximate surface area is 134 Å².